The monoisotopic (exact) mass is 476 g/mol. The summed E-state index contributed by atoms with van der Waals surface area (Å²) >= 11 is 0. The summed E-state index contributed by atoms with van der Waals surface area (Å²) in [6.45, 7) is 4.97. The molecule has 0 saturated carbocycles. The molecule has 0 radical (unpaired) electrons. The van der Waals surface area contributed by atoms with Crippen molar-refractivity contribution in [3.8, 4) is 5.75 Å². The summed E-state index contributed by atoms with van der Waals surface area (Å²) < 4.78 is 48.6. The summed E-state index contributed by atoms with van der Waals surface area (Å²) in [5, 5.41) is 5.16. The lowest BCUT2D eigenvalue weighted by Crippen LogP contribution is -2.27. The molecular formula is C20H32N2O9S. The summed E-state index contributed by atoms with van der Waals surface area (Å²) in [7, 11) is -3.65. The summed E-state index contributed by atoms with van der Waals surface area (Å²) in [5.74, 6) is 0.141. The van der Waals surface area contributed by atoms with Gasteiger partial charge in [-0.05, 0) is 25.0 Å². The molecule has 2 N–H and O–H groups in total. The van der Waals surface area contributed by atoms with E-state index >= 15 is 0 Å². The molecule has 182 valence electrons. The first kappa shape index (κ1) is 27.5. The highest BCUT2D eigenvalue weighted by molar-refractivity contribution is 7.86. The smallest absolute Gasteiger partial charge is 0.407 e. The second kappa shape index (κ2) is 15.3. The topological polar surface area (TPSA) is 138 Å². The maximum atomic E-state index is 11.5. The number of nitrogens with one attached hydrogen (secondary N) is 2. The fourth-order valence-electron chi connectivity index (χ4n) is 2.23. The molecule has 1 rings (SSSR count). The maximum absolute atomic E-state index is 11.5. The van der Waals surface area contributed by atoms with Gasteiger partial charge in [-0.2, -0.15) is 8.42 Å². The fourth-order valence-corrected chi connectivity index (χ4v) is 2.69. The molecule has 32 heavy (non-hydrogen) atoms. The zero-order valence-corrected chi connectivity index (χ0v) is 19.4. The maximum Gasteiger partial charge on any atom is 0.407 e. The van der Waals surface area contributed by atoms with Crippen molar-refractivity contribution in [2.24, 2.45) is 0 Å². The fraction of sp³-hybridized carbons (Fsp3) is 0.600. The van der Waals surface area contributed by atoms with Crippen molar-refractivity contribution in [1.82, 2.24) is 10.6 Å². The number of rotatable bonds is 15. The molecular weight excluding hydrogens is 444 g/mol. The van der Waals surface area contributed by atoms with Crippen LogP contribution in [0, 0.1) is 0 Å². The van der Waals surface area contributed by atoms with E-state index in [0.717, 1.165) is 19.1 Å². The Morgan fingerprint density at radius 3 is 1.72 bits per heavy atom. The van der Waals surface area contributed by atoms with Crippen LogP contribution in [0.25, 0.3) is 0 Å². The average molecular weight is 477 g/mol. The van der Waals surface area contributed by atoms with E-state index in [9.17, 15) is 18.0 Å². The van der Waals surface area contributed by atoms with Crippen LogP contribution in [0.1, 0.15) is 38.5 Å². The number of benzene rings is 1. The number of hydrogen-bond donors (Lipinski definition) is 2. The van der Waals surface area contributed by atoms with E-state index in [2.05, 4.69) is 10.6 Å². The Bertz CT molecular complexity index is 757. The summed E-state index contributed by atoms with van der Waals surface area (Å²) in [4.78, 5) is 23.0. The van der Waals surface area contributed by atoms with Crippen LogP contribution in [-0.4, -0.2) is 66.4 Å². The van der Waals surface area contributed by atoms with Crippen molar-refractivity contribution in [3.63, 3.8) is 0 Å². The Labute approximate surface area is 188 Å². The minimum atomic E-state index is -3.65. The molecule has 0 atom stereocenters. The Kier molecular flexibility index (Phi) is 13.1. The number of carbonyl (C=O) groups is 2. The summed E-state index contributed by atoms with van der Waals surface area (Å²) in [6, 6.07) is 6.07. The molecule has 1 aromatic carbocycles. The van der Waals surface area contributed by atoms with Crippen LogP contribution >= 0.6 is 0 Å². The highest BCUT2D eigenvalue weighted by Crippen LogP contribution is 2.22. The molecule has 0 saturated heterocycles. The van der Waals surface area contributed by atoms with Crippen molar-refractivity contribution in [3.05, 3.63) is 29.8 Å². The van der Waals surface area contributed by atoms with E-state index in [1.807, 2.05) is 13.8 Å². The molecule has 0 spiro atoms. The minimum Gasteiger partial charge on any atom is -0.447 e. The Morgan fingerprint density at radius 2 is 1.31 bits per heavy atom. The predicted molar refractivity (Wildman–Crippen MR) is 116 cm³/mol. The second-order valence-corrected chi connectivity index (χ2v) is 8.13. The van der Waals surface area contributed by atoms with Crippen molar-refractivity contribution in [2.75, 3.05) is 45.8 Å². The van der Waals surface area contributed by atoms with Gasteiger partial charge in [0.2, 0.25) is 0 Å². The van der Waals surface area contributed by atoms with E-state index in [4.69, 9.17) is 23.1 Å². The molecule has 0 bridgehead atoms. The van der Waals surface area contributed by atoms with Gasteiger partial charge in [0.05, 0.1) is 19.5 Å². The Morgan fingerprint density at radius 1 is 0.844 bits per heavy atom. The number of ether oxygens (including phenoxy) is 4. The zero-order valence-electron chi connectivity index (χ0n) is 18.6. The molecule has 0 aliphatic carbocycles. The van der Waals surface area contributed by atoms with Crippen molar-refractivity contribution >= 4 is 22.3 Å². The van der Waals surface area contributed by atoms with Crippen molar-refractivity contribution < 1.29 is 41.1 Å². The van der Waals surface area contributed by atoms with E-state index in [-0.39, 0.29) is 32.2 Å². The zero-order chi connectivity index (χ0) is 23.8. The lowest BCUT2D eigenvalue weighted by molar-refractivity contribution is -0.156. The number of alkyl carbamates (subject to hydrolysis) is 2. The SMILES string of the molecule is CCCNC(=O)OCCOC(OCCOC(=O)NCCC)c1ccc(OS(C)(=O)=O)cc1. The molecule has 2 amide bonds. The second-order valence-electron chi connectivity index (χ2n) is 6.56. The van der Waals surface area contributed by atoms with Crippen molar-refractivity contribution in [2.45, 2.75) is 33.0 Å². The number of hydrogen-bond acceptors (Lipinski definition) is 9. The van der Waals surface area contributed by atoms with Gasteiger partial charge in [-0.25, -0.2) is 9.59 Å². The lowest BCUT2D eigenvalue weighted by Gasteiger charge is -2.19. The van der Waals surface area contributed by atoms with Crippen LogP contribution in [0.15, 0.2) is 24.3 Å². The van der Waals surface area contributed by atoms with Crippen LogP contribution in [0.2, 0.25) is 0 Å². The molecule has 0 aromatic heterocycles. The normalized spacial score (nSPS) is 11.1. The van der Waals surface area contributed by atoms with Gasteiger partial charge in [-0.15, -0.1) is 0 Å². The van der Waals surface area contributed by atoms with Crippen LogP contribution < -0.4 is 14.8 Å². The molecule has 0 fully saturated rings. The highest BCUT2D eigenvalue weighted by atomic mass is 32.2. The van der Waals surface area contributed by atoms with E-state index in [1.165, 1.54) is 12.1 Å². The largest absolute Gasteiger partial charge is 0.447 e. The predicted octanol–water partition coefficient (Wildman–Crippen LogP) is 2.33. The van der Waals surface area contributed by atoms with Crippen LogP contribution in [0.3, 0.4) is 0 Å². The Hall–Kier alpha value is -2.57. The minimum absolute atomic E-state index is 0.000600. The van der Waals surface area contributed by atoms with Gasteiger partial charge in [0.15, 0.2) is 6.29 Å². The molecule has 0 aliphatic rings. The quantitative estimate of drug-likeness (QED) is 0.222. The van der Waals surface area contributed by atoms with Crippen LogP contribution in [0.5, 0.6) is 5.75 Å². The van der Waals surface area contributed by atoms with Gasteiger partial charge in [0.1, 0.15) is 19.0 Å². The highest BCUT2D eigenvalue weighted by Gasteiger charge is 2.15. The lowest BCUT2D eigenvalue weighted by atomic mass is 10.2. The van der Waals surface area contributed by atoms with Gasteiger partial charge >= 0.3 is 22.3 Å². The summed E-state index contributed by atoms with van der Waals surface area (Å²) in [6.07, 6.45) is 0.580. The molecule has 11 nitrogen and oxygen atoms in total. The van der Waals surface area contributed by atoms with E-state index < -0.39 is 28.6 Å². The molecule has 1 aromatic rings. The van der Waals surface area contributed by atoms with Crippen molar-refractivity contribution in [1.29, 1.82) is 0 Å². The van der Waals surface area contributed by atoms with E-state index in [0.29, 0.717) is 18.7 Å². The first-order chi connectivity index (χ1) is 15.2. The van der Waals surface area contributed by atoms with Crippen LogP contribution in [-0.2, 0) is 29.1 Å². The Balaban J connectivity index is 2.61. The van der Waals surface area contributed by atoms with Gasteiger partial charge < -0.3 is 33.8 Å². The number of carbonyl (C=O) groups excluding carboxylic acids is 2. The van der Waals surface area contributed by atoms with Gasteiger partial charge in [-0.1, -0.05) is 26.0 Å². The third-order valence-corrected chi connectivity index (χ3v) is 4.11. The average Bonchev–Trinajstić information content (AvgIpc) is 2.74. The third kappa shape index (κ3) is 13.0. The molecule has 12 heteroatoms. The molecule has 0 heterocycles. The summed E-state index contributed by atoms with van der Waals surface area (Å²) in [5.41, 5.74) is 0.566. The van der Waals surface area contributed by atoms with Gasteiger partial charge in [0, 0.05) is 18.7 Å². The third-order valence-electron chi connectivity index (χ3n) is 3.61. The van der Waals surface area contributed by atoms with E-state index in [1.54, 1.807) is 12.1 Å². The first-order valence-electron chi connectivity index (χ1n) is 10.3. The van der Waals surface area contributed by atoms with Gasteiger partial charge in [0.25, 0.3) is 0 Å². The first-order valence-corrected chi connectivity index (χ1v) is 12.1. The number of amides is 2. The van der Waals surface area contributed by atoms with Crippen LogP contribution in [0.4, 0.5) is 9.59 Å². The molecule has 0 aliphatic heterocycles. The molecule has 0 unspecified atom stereocenters. The van der Waals surface area contributed by atoms with Gasteiger partial charge in [-0.3, -0.25) is 0 Å². The standard InChI is InChI=1S/C20H32N2O9S/c1-4-10-21-19(23)29-14-12-27-18(28-13-15-30-20(24)22-11-5-2)16-6-8-17(9-7-16)31-32(3,25)26/h6-9,18H,4-5,10-15H2,1-3H3,(H,21,23)(H,22,24).